The summed E-state index contributed by atoms with van der Waals surface area (Å²) in [6.07, 6.45) is 1.52. The van der Waals surface area contributed by atoms with Crippen LogP contribution in [0.1, 0.15) is 36.3 Å². The number of aryl methyl sites for hydroxylation is 2. The highest BCUT2D eigenvalue weighted by Gasteiger charge is 2.40. The molecule has 0 atom stereocenters. The summed E-state index contributed by atoms with van der Waals surface area (Å²) < 4.78 is 16.8. The summed E-state index contributed by atoms with van der Waals surface area (Å²) in [6.45, 7) is 8.74. The van der Waals surface area contributed by atoms with Gasteiger partial charge in [-0.15, -0.1) is 0 Å². The van der Waals surface area contributed by atoms with Crippen LogP contribution in [0.4, 0.5) is 5.69 Å². The van der Waals surface area contributed by atoms with Gasteiger partial charge < -0.3 is 19.2 Å². The molecule has 0 aliphatic carbocycles. The molecule has 2 heterocycles. The van der Waals surface area contributed by atoms with E-state index >= 15 is 0 Å². The molecule has 1 aliphatic rings. The number of nitrogens with zero attached hydrogens (tertiary/aromatic N) is 1. The Labute approximate surface area is 199 Å². The van der Waals surface area contributed by atoms with Crippen LogP contribution in [0, 0.1) is 13.8 Å². The smallest absolute Gasteiger partial charge is 0.278 e. The monoisotopic (exact) mass is 460 g/mol. The van der Waals surface area contributed by atoms with Crippen molar-refractivity contribution in [1.29, 1.82) is 0 Å². The van der Waals surface area contributed by atoms with Crippen molar-refractivity contribution in [2.24, 2.45) is 0 Å². The van der Waals surface area contributed by atoms with Crippen LogP contribution in [0.3, 0.4) is 0 Å². The van der Waals surface area contributed by atoms with Crippen LogP contribution in [0.15, 0.2) is 64.9 Å². The summed E-state index contributed by atoms with van der Waals surface area (Å²) in [4.78, 5) is 28.2. The first-order chi connectivity index (χ1) is 16.4. The van der Waals surface area contributed by atoms with Crippen molar-refractivity contribution < 1.29 is 23.5 Å². The van der Waals surface area contributed by atoms with Gasteiger partial charge in [-0.1, -0.05) is 23.8 Å². The number of furan rings is 1. The quantitative estimate of drug-likeness (QED) is 0.448. The molecule has 1 aliphatic heterocycles. The number of hydrogen-bond donors (Lipinski definition) is 1. The molecule has 4 rings (SSSR count). The van der Waals surface area contributed by atoms with E-state index in [4.69, 9.17) is 13.9 Å². The third-order valence-corrected chi connectivity index (χ3v) is 5.53. The fourth-order valence-corrected chi connectivity index (χ4v) is 4.01. The maximum Gasteiger partial charge on any atom is 0.278 e. The summed E-state index contributed by atoms with van der Waals surface area (Å²) >= 11 is 0. The summed E-state index contributed by atoms with van der Waals surface area (Å²) in [5.74, 6) is 0.927. The first-order valence-corrected chi connectivity index (χ1v) is 11.3. The molecule has 2 aromatic carbocycles. The van der Waals surface area contributed by atoms with Crippen LogP contribution in [-0.4, -0.2) is 29.9 Å². The van der Waals surface area contributed by atoms with Crippen LogP contribution in [0.25, 0.3) is 5.57 Å². The molecule has 7 heteroatoms. The first kappa shape index (κ1) is 23.2. The van der Waals surface area contributed by atoms with E-state index in [9.17, 15) is 9.59 Å². The molecule has 2 amide bonds. The van der Waals surface area contributed by atoms with Crippen LogP contribution in [-0.2, 0) is 16.1 Å². The fourth-order valence-electron chi connectivity index (χ4n) is 4.01. The highest BCUT2D eigenvalue weighted by molar-refractivity contribution is 6.36. The van der Waals surface area contributed by atoms with Gasteiger partial charge in [-0.3, -0.25) is 14.5 Å². The highest BCUT2D eigenvalue weighted by Crippen LogP contribution is 2.36. The molecule has 3 aromatic rings. The second-order valence-electron chi connectivity index (χ2n) is 8.00. The lowest BCUT2D eigenvalue weighted by molar-refractivity contribution is -0.137. The number of benzene rings is 2. The molecule has 0 saturated heterocycles. The zero-order chi connectivity index (χ0) is 24.2. The third-order valence-electron chi connectivity index (χ3n) is 5.53. The van der Waals surface area contributed by atoms with E-state index in [1.54, 1.807) is 30.3 Å². The van der Waals surface area contributed by atoms with Crippen LogP contribution in [0.2, 0.25) is 0 Å². The van der Waals surface area contributed by atoms with Crippen LogP contribution in [0.5, 0.6) is 11.5 Å². The molecule has 1 N–H and O–H groups in total. The lowest BCUT2D eigenvalue weighted by Gasteiger charge is -2.15. The average Bonchev–Trinajstić information content (AvgIpc) is 3.39. The van der Waals surface area contributed by atoms with E-state index in [1.807, 2.05) is 45.9 Å². The van der Waals surface area contributed by atoms with Crippen molar-refractivity contribution in [2.45, 2.75) is 34.2 Å². The largest absolute Gasteiger partial charge is 0.490 e. The molecular weight excluding hydrogens is 432 g/mol. The number of imide groups is 1. The molecule has 7 nitrogen and oxygen atoms in total. The summed E-state index contributed by atoms with van der Waals surface area (Å²) in [5, 5.41) is 3.19. The van der Waals surface area contributed by atoms with Gasteiger partial charge in [0.25, 0.3) is 11.8 Å². The average molecular weight is 461 g/mol. The highest BCUT2D eigenvalue weighted by atomic mass is 16.5. The molecule has 0 bridgehead atoms. The lowest BCUT2D eigenvalue weighted by atomic mass is 9.97. The number of carbonyl (C=O) groups excluding carboxylic acids is 2. The van der Waals surface area contributed by atoms with E-state index in [0.29, 0.717) is 47.3 Å². The Kier molecular flexibility index (Phi) is 6.72. The summed E-state index contributed by atoms with van der Waals surface area (Å²) in [7, 11) is 0. The topological polar surface area (TPSA) is 81.0 Å². The Bertz CT molecular complexity index is 1240. The van der Waals surface area contributed by atoms with Gasteiger partial charge in [0.05, 0.1) is 31.6 Å². The molecule has 0 unspecified atom stereocenters. The molecule has 1 aromatic heterocycles. The van der Waals surface area contributed by atoms with E-state index < -0.39 is 5.91 Å². The van der Waals surface area contributed by atoms with Gasteiger partial charge in [0, 0.05) is 11.8 Å². The molecule has 0 spiro atoms. The molecule has 0 radical (unpaired) electrons. The second kappa shape index (κ2) is 9.87. The SMILES string of the molecule is CCOc1ccc(NC2=C(c3ccc(C)cc3C)C(=O)N(Cc3ccco3)C2=O)cc1OCC. The van der Waals surface area contributed by atoms with E-state index in [0.717, 1.165) is 11.1 Å². The third kappa shape index (κ3) is 4.55. The molecule has 0 saturated carbocycles. The van der Waals surface area contributed by atoms with Crippen molar-refractivity contribution in [3.05, 3.63) is 82.9 Å². The number of nitrogens with one attached hydrogen (secondary N) is 1. The lowest BCUT2D eigenvalue weighted by Crippen LogP contribution is -2.31. The first-order valence-electron chi connectivity index (χ1n) is 11.3. The van der Waals surface area contributed by atoms with Gasteiger partial charge >= 0.3 is 0 Å². The normalized spacial score (nSPS) is 13.6. The molecule has 176 valence electrons. The van der Waals surface area contributed by atoms with Crippen LogP contribution < -0.4 is 14.8 Å². The van der Waals surface area contributed by atoms with E-state index in [1.165, 1.54) is 11.2 Å². The maximum atomic E-state index is 13.5. The second-order valence-corrected chi connectivity index (χ2v) is 8.00. The number of ether oxygens (including phenoxy) is 2. The van der Waals surface area contributed by atoms with Crippen molar-refractivity contribution in [3.63, 3.8) is 0 Å². The van der Waals surface area contributed by atoms with Crippen molar-refractivity contribution in [1.82, 2.24) is 4.90 Å². The number of amides is 2. The predicted octanol–water partition coefficient (Wildman–Crippen LogP) is 5.09. The van der Waals surface area contributed by atoms with Gasteiger partial charge in [0.15, 0.2) is 11.5 Å². The standard InChI is InChI=1S/C27H28N2O5/c1-5-32-22-12-10-19(15-23(22)33-6-2)28-25-24(21-11-9-17(3)14-18(21)4)26(30)29(27(25)31)16-20-8-7-13-34-20/h7-15,28H,5-6,16H2,1-4H3. The van der Waals surface area contributed by atoms with Crippen LogP contribution >= 0.6 is 0 Å². The van der Waals surface area contributed by atoms with Crippen molar-refractivity contribution in [3.8, 4) is 11.5 Å². The summed E-state index contributed by atoms with van der Waals surface area (Å²) in [5.41, 5.74) is 3.87. The Morgan fingerprint density at radius 2 is 1.68 bits per heavy atom. The molecule has 0 fully saturated rings. The Morgan fingerprint density at radius 1 is 0.912 bits per heavy atom. The number of anilines is 1. The van der Waals surface area contributed by atoms with Gasteiger partial charge in [-0.25, -0.2) is 0 Å². The zero-order valence-corrected chi connectivity index (χ0v) is 19.8. The molecular formula is C27H28N2O5. The van der Waals surface area contributed by atoms with Gasteiger partial charge in [-0.2, -0.15) is 0 Å². The van der Waals surface area contributed by atoms with E-state index in [2.05, 4.69) is 5.32 Å². The fraction of sp³-hybridized carbons (Fsp3) is 0.259. The summed E-state index contributed by atoms with van der Waals surface area (Å²) in [6, 6.07) is 14.6. The van der Waals surface area contributed by atoms with Gasteiger partial charge in [0.2, 0.25) is 0 Å². The van der Waals surface area contributed by atoms with Crippen molar-refractivity contribution in [2.75, 3.05) is 18.5 Å². The van der Waals surface area contributed by atoms with Gasteiger partial charge in [0.1, 0.15) is 11.5 Å². The van der Waals surface area contributed by atoms with Gasteiger partial charge in [-0.05, 0) is 63.1 Å². The zero-order valence-electron chi connectivity index (χ0n) is 19.8. The Morgan fingerprint density at radius 3 is 2.35 bits per heavy atom. The predicted molar refractivity (Wildman–Crippen MR) is 130 cm³/mol. The maximum absolute atomic E-state index is 13.5. The van der Waals surface area contributed by atoms with Crippen molar-refractivity contribution >= 4 is 23.1 Å². The number of hydrogen-bond acceptors (Lipinski definition) is 6. The minimum absolute atomic E-state index is 0.0533. The number of rotatable bonds is 9. The van der Waals surface area contributed by atoms with E-state index in [-0.39, 0.29) is 18.1 Å². The number of carbonyl (C=O) groups is 2. The Hall–Kier alpha value is -4.00. The Balaban J connectivity index is 1.76. The minimum Gasteiger partial charge on any atom is -0.490 e. The minimum atomic E-state index is -0.414. The molecule has 34 heavy (non-hydrogen) atoms.